The number of amides is 1. The highest BCUT2D eigenvalue weighted by atomic mass is 32.2. The Balaban J connectivity index is 1.51. The minimum Gasteiger partial charge on any atom is -0.477 e. The molecule has 0 saturated carbocycles. The number of carbonyl (C=O) groups excluding carboxylic acids is 1. The van der Waals surface area contributed by atoms with Crippen LogP contribution in [-0.2, 0) is 22.6 Å². The lowest BCUT2D eigenvalue weighted by Gasteiger charge is -2.43. The summed E-state index contributed by atoms with van der Waals surface area (Å²) in [6.07, 6.45) is 2.37. The van der Waals surface area contributed by atoms with Gasteiger partial charge in [0.05, 0.1) is 16.3 Å². The van der Waals surface area contributed by atoms with Crippen LogP contribution in [0.15, 0.2) is 57.4 Å². The molecule has 3 heterocycles. The van der Waals surface area contributed by atoms with Crippen molar-refractivity contribution < 1.29 is 24.4 Å². The smallest absolute Gasteiger partial charge is 0.354 e. The van der Waals surface area contributed by atoms with Gasteiger partial charge in [0.15, 0.2) is 24.1 Å². The van der Waals surface area contributed by atoms with Gasteiger partial charge in [0, 0.05) is 29.0 Å². The van der Waals surface area contributed by atoms with Gasteiger partial charge in [-0.2, -0.15) is 4.57 Å². The number of aryl methyl sites for hydroxylation is 2. The average molecular weight is 458 g/mol. The van der Waals surface area contributed by atoms with Gasteiger partial charge in [0.25, 0.3) is 0 Å². The molecule has 0 radical (unpaired) electrons. The number of carboxylic acids is 1. The van der Waals surface area contributed by atoms with Gasteiger partial charge in [-0.3, -0.25) is 9.69 Å². The van der Waals surface area contributed by atoms with Crippen LogP contribution in [0.1, 0.15) is 30.7 Å². The summed E-state index contributed by atoms with van der Waals surface area (Å²) in [5.41, 5.74) is 3.66. The zero-order valence-corrected chi connectivity index (χ0v) is 19.2. The SMILES string of the molecule is CCc1ccc(C)[n+](Cc2ccc(SC3=C(C(=O)O)N4C(=O)[C@H]([C@@H](C)O)[C@H]4S3)cc2)c1. The van der Waals surface area contributed by atoms with Gasteiger partial charge in [-0.25, -0.2) is 4.79 Å². The molecule has 2 aliphatic rings. The summed E-state index contributed by atoms with van der Waals surface area (Å²) in [5.74, 6) is -1.99. The van der Waals surface area contributed by atoms with E-state index in [1.807, 2.05) is 24.3 Å². The second-order valence-corrected chi connectivity index (χ2v) is 10.3. The van der Waals surface area contributed by atoms with E-state index in [-0.39, 0.29) is 17.0 Å². The van der Waals surface area contributed by atoms with Crippen LogP contribution in [0.5, 0.6) is 0 Å². The van der Waals surface area contributed by atoms with Crippen molar-refractivity contribution >= 4 is 35.4 Å². The maximum atomic E-state index is 12.3. The van der Waals surface area contributed by atoms with Crippen LogP contribution in [0.2, 0.25) is 0 Å². The summed E-state index contributed by atoms with van der Waals surface area (Å²) >= 11 is 2.70. The van der Waals surface area contributed by atoms with Crippen LogP contribution < -0.4 is 4.57 Å². The molecule has 2 N–H and O–H groups in total. The number of carboxylic acid groups (broad SMARTS) is 1. The number of fused-ring (bicyclic) bond motifs is 1. The monoisotopic (exact) mass is 457 g/mol. The fourth-order valence-corrected chi connectivity index (χ4v) is 6.70. The first kappa shape index (κ1) is 21.9. The number of β-lactam (4-membered cyclic amide) rings is 1. The Bertz CT molecular complexity index is 1070. The van der Waals surface area contributed by atoms with E-state index in [4.69, 9.17) is 0 Å². The minimum absolute atomic E-state index is 0.0218. The van der Waals surface area contributed by atoms with Gasteiger partial charge in [0.2, 0.25) is 5.91 Å². The lowest BCUT2D eigenvalue weighted by Crippen LogP contribution is -2.60. The van der Waals surface area contributed by atoms with Crippen LogP contribution in [0.25, 0.3) is 0 Å². The number of aliphatic hydroxyl groups is 1. The van der Waals surface area contributed by atoms with Crippen LogP contribution in [0.4, 0.5) is 0 Å². The highest BCUT2D eigenvalue weighted by molar-refractivity contribution is 8.22. The van der Waals surface area contributed by atoms with E-state index in [0.717, 1.165) is 23.4 Å². The quantitative estimate of drug-likeness (QED) is 0.491. The summed E-state index contributed by atoms with van der Waals surface area (Å²) < 4.78 is 2.81. The van der Waals surface area contributed by atoms with Crippen molar-refractivity contribution in [3.05, 3.63) is 69.4 Å². The Morgan fingerprint density at radius 3 is 2.52 bits per heavy atom. The molecular formula is C23H25N2O4S2+. The Morgan fingerprint density at radius 1 is 1.23 bits per heavy atom. The molecule has 3 atom stereocenters. The Hall–Kier alpha value is -2.29. The van der Waals surface area contributed by atoms with Gasteiger partial charge in [-0.1, -0.05) is 42.6 Å². The number of aliphatic carboxylic acids is 1. The molecule has 0 aliphatic carbocycles. The van der Waals surface area contributed by atoms with Gasteiger partial charge in [0.1, 0.15) is 5.37 Å². The summed E-state index contributed by atoms with van der Waals surface area (Å²) in [6, 6.07) is 12.3. The topological polar surface area (TPSA) is 81.7 Å². The van der Waals surface area contributed by atoms with Crippen molar-refractivity contribution in [1.29, 1.82) is 0 Å². The predicted molar refractivity (Wildman–Crippen MR) is 120 cm³/mol. The molecular weight excluding hydrogens is 432 g/mol. The maximum Gasteiger partial charge on any atom is 0.354 e. The van der Waals surface area contributed by atoms with Gasteiger partial charge in [-0.05, 0) is 31.5 Å². The van der Waals surface area contributed by atoms with Crippen molar-refractivity contribution in [2.75, 3.05) is 0 Å². The first-order valence-corrected chi connectivity index (χ1v) is 11.9. The van der Waals surface area contributed by atoms with E-state index in [1.165, 1.54) is 39.7 Å². The van der Waals surface area contributed by atoms with Crippen LogP contribution >= 0.6 is 23.5 Å². The van der Waals surface area contributed by atoms with Crippen LogP contribution in [0.3, 0.4) is 0 Å². The first-order valence-electron chi connectivity index (χ1n) is 10.2. The fourth-order valence-electron chi connectivity index (χ4n) is 3.84. The number of nitrogens with zero attached hydrogens (tertiary/aromatic N) is 2. The van der Waals surface area contributed by atoms with Crippen molar-refractivity contribution in [1.82, 2.24) is 4.90 Å². The highest BCUT2D eigenvalue weighted by Gasteiger charge is 2.57. The molecule has 162 valence electrons. The second-order valence-electron chi connectivity index (χ2n) is 7.83. The number of rotatable bonds is 7. The molecule has 4 rings (SSSR count). The minimum atomic E-state index is -1.12. The van der Waals surface area contributed by atoms with Gasteiger partial charge < -0.3 is 10.2 Å². The molecule has 6 nitrogen and oxygen atoms in total. The number of pyridine rings is 1. The molecule has 0 unspecified atom stereocenters. The number of benzene rings is 1. The number of aliphatic hydroxyl groups excluding tert-OH is 1. The number of aromatic nitrogens is 1. The number of hydrogen-bond acceptors (Lipinski definition) is 5. The summed E-state index contributed by atoms with van der Waals surface area (Å²) in [5, 5.41) is 19.2. The van der Waals surface area contributed by atoms with Crippen LogP contribution in [-0.4, -0.2) is 38.5 Å². The lowest BCUT2D eigenvalue weighted by atomic mass is 9.92. The molecule has 1 amide bonds. The van der Waals surface area contributed by atoms with Gasteiger partial charge in [-0.15, -0.1) is 0 Å². The Morgan fingerprint density at radius 2 is 1.90 bits per heavy atom. The third-order valence-corrected chi connectivity index (χ3v) is 8.26. The summed E-state index contributed by atoms with van der Waals surface area (Å²) in [4.78, 5) is 26.4. The molecule has 2 aliphatic heterocycles. The molecule has 1 saturated heterocycles. The van der Waals surface area contributed by atoms with Crippen molar-refractivity contribution in [3.63, 3.8) is 0 Å². The largest absolute Gasteiger partial charge is 0.477 e. The van der Waals surface area contributed by atoms with E-state index in [2.05, 4.69) is 36.7 Å². The molecule has 1 aromatic carbocycles. The van der Waals surface area contributed by atoms with E-state index in [0.29, 0.717) is 4.24 Å². The molecule has 8 heteroatoms. The number of thioether (sulfide) groups is 2. The van der Waals surface area contributed by atoms with E-state index >= 15 is 0 Å². The highest BCUT2D eigenvalue weighted by Crippen LogP contribution is 2.55. The molecule has 0 spiro atoms. The lowest BCUT2D eigenvalue weighted by molar-refractivity contribution is -0.694. The number of hydrogen-bond donors (Lipinski definition) is 2. The van der Waals surface area contributed by atoms with Crippen LogP contribution in [0, 0.1) is 12.8 Å². The normalized spacial score (nSPS) is 21.2. The fraction of sp³-hybridized carbons (Fsp3) is 0.348. The number of carbonyl (C=O) groups is 2. The van der Waals surface area contributed by atoms with E-state index in [9.17, 15) is 19.8 Å². The Kier molecular flexibility index (Phi) is 6.14. The van der Waals surface area contributed by atoms with E-state index < -0.39 is 18.0 Å². The Labute approximate surface area is 190 Å². The maximum absolute atomic E-state index is 12.3. The summed E-state index contributed by atoms with van der Waals surface area (Å²) in [7, 11) is 0. The molecule has 1 fully saturated rings. The second kappa shape index (κ2) is 8.68. The molecule has 2 aromatic rings. The van der Waals surface area contributed by atoms with Crippen molar-refractivity contribution in [2.24, 2.45) is 5.92 Å². The van der Waals surface area contributed by atoms with Crippen molar-refractivity contribution in [3.8, 4) is 0 Å². The van der Waals surface area contributed by atoms with Gasteiger partial charge >= 0.3 is 5.97 Å². The molecule has 0 bridgehead atoms. The third kappa shape index (κ3) is 4.12. The third-order valence-electron chi connectivity index (χ3n) is 5.68. The van der Waals surface area contributed by atoms with Crippen molar-refractivity contribution in [2.45, 2.75) is 50.1 Å². The average Bonchev–Trinajstić information content (AvgIpc) is 3.04. The summed E-state index contributed by atoms with van der Waals surface area (Å²) in [6.45, 7) is 6.57. The standard InChI is InChI=1S/C23H24N2O4S2/c1-4-15-6-5-13(2)24(11-15)12-16-7-9-17(10-8-16)30-23-19(22(28)29)25-20(27)18(14(3)26)21(25)31-23/h5-11,14,18,21,26H,4,12H2,1-3H3/p+1/t14-,18+,21-/m1/s1. The molecule has 31 heavy (non-hydrogen) atoms. The zero-order chi connectivity index (χ0) is 22.3. The van der Waals surface area contributed by atoms with E-state index in [1.54, 1.807) is 6.92 Å². The molecule has 1 aromatic heterocycles. The predicted octanol–water partition coefficient (Wildman–Crippen LogP) is 3.15. The zero-order valence-electron chi connectivity index (χ0n) is 17.6. The first-order chi connectivity index (χ1) is 14.8.